The number of carbonyl (C=O) groups excluding carboxylic acids is 2. The van der Waals surface area contributed by atoms with Gasteiger partial charge in [-0.1, -0.05) is 82.7 Å². The topological polar surface area (TPSA) is 46.6 Å². The van der Waals surface area contributed by atoms with E-state index >= 15 is 0 Å². The van der Waals surface area contributed by atoms with E-state index in [-0.39, 0.29) is 17.7 Å². The Bertz CT molecular complexity index is 1420. The third-order valence-corrected chi connectivity index (χ3v) is 6.92. The predicted octanol–water partition coefficient (Wildman–Crippen LogP) is 7.42. The molecule has 0 aromatic heterocycles. The molecule has 2 amide bonds. The lowest BCUT2D eigenvalue weighted by Crippen LogP contribution is -2.27. The molecule has 6 heteroatoms. The monoisotopic (exact) mass is 529 g/mol. The third kappa shape index (κ3) is 4.93. The van der Waals surface area contributed by atoms with Crippen LogP contribution in [0.15, 0.2) is 100 Å². The first-order chi connectivity index (χ1) is 16.6. The van der Waals surface area contributed by atoms with Crippen LogP contribution in [0.5, 0.6) is 5.75 Å². The summed E-state index contributed by atoms with van der Waals surface area (Å²) < 4.78 is 6.89. The van der Waals surface area contributed by atoms with E-state index in [2.05, 4.69) is 15.9 Å². The van der Waals surface area contributed by atoms with Crippen molar-refractivity contribution in [1.82, 2.24) is 4.90 Å². The summed E-state index contributed by atoms with van der Waals surface area (Å²) in [4.78, 5) is 27.5. The highest BCUT2D eigenvalue weighted by molar-refractivity contribution is 9.10. The zero-order valence-electron chi connectivity index (χ0n) is 18.1. The number of amides is 2. The van der Waals surface area contributed by atoms with Crippen LogP contribution < -0.4 is 4.74 Å². The summed E-state index contributed by atoms with van der Waals surface area (Å²) in [6, 6.07) is 29.5. The maximum atomic E-state index is 13.1. The summed E-state index contributed by atoms with van der Waals surface area (Å²) >= 11 is 4.45. The van der Waals surface area contributed by atoms with Crippen molar-refractivity contribution in [3.8, 4) is 5.75 Å². The van der Waals surface area contributed by atoms with Crippen LogP contribution in [0.4, 0.5) is 4.79 Å². The fourth-order valence-corrected chi connectivity index (χ4v) is 5.00. The van der Waals surface area contributed by atoms with Crippen molar-refractivity contribution in [2.24, 2.45) is 0 Å². The van der Waals surface area contributed by atoms with Crippen molar-refractivity contribution in [3.05, 3.63) is 117 Å². The van der Waals surface area contributed by atoms with Gasteiger partial charge in [0.2, 0.25) is 0 Å². The first-order valence-corrected chi connectivity index (χ1v) is 12.4. The molecule has 0 spiro atoms. The summed E-state index contributed by atoms with van der Waals surface area (Å²) in [6.45, 7) is 0.648. The maximum absolute atomic E-state index is 13.1. The molecule has 1 aliphatic rings. The lowest BCUT2D eigenvalue weighted by molar-refractivity contribution is -0.123. The molecular formula is C28H20BrNO3S. The molecule has 4 nitrogen and oxygen atoms in total. The standard InChI is InChI=1S/C28H20BrNO3S/c29-24-12-13-25(33-18-19-6-2-1-3-7-19)23(15-24)16-26-27(31)30(28(32)34-26)17-20-10-11-21-8-4-5-9-22(21)14-20/h1-16H,17-18H2/b26-16-. The van der Waals surface area contributed by atoms with Crippen molar-refractivity contribution in [2.45, 2.75) is 13.2 Å². The number of hydrogen-bond acceptors (Lipinski definition) is 4. The largest absolute Gasteiger partial charge is 0.488 e. The Morgan fingerprint density at radius 2 is 1.59 bits per heavy atom. The zero-order valence-corrected chi connectivity index (χ0v) is 20.5. The molecule has 0 bridgehead atoms. The van der Waals surface area contributed by atoms with Gasteiger partial charge in [0.25, 0.3) is 11.1 Å². The van der Waals surface area contributed by atoms with Gasteiger partial charge in [0.05, 0.1) is 11.4 Å². The molecule has 168 valence electrons. The zero-order chi connectivity index (χ0) is 23.5. The smallest absolute Gasteiger partial charge is 0.293 e. The number of ether oxygens (including phenoxy) is 1. The molecule has 0 N–H and O–H groups in total. The van der Waals surface area contributed by atoms with Gasteiger partial charge in [-0.25, -0.2) is 0 Å². The lowest BCUT2D eigenvalue weighted by Gasteiger charge is -2.13. The van der Waals surface area contributed by atoms with Gasteiger partial charge in [-0.3, -0.25) is 14.5 Å². The molecule has 4 aromatic rings. The Labute approximate surface area is 210 Å². The van der Waals surface area contributed by atoms with Crippen LogP contribution in [-0.4, -0.2) is 16.0 Å². The van der Waals surface area contributed by atoms with Crippen LogP contribution in [-0.2, 0) is 17.9 Å². The average molecular weight is 530 g/mol. The molecule has 1 saturated heterocycles. The summed E-state index contributed by atoms with van der Waals surface area (Å²) in [7, 11) is 0. The molecule has 0 unspecified atom stereocenters. The number of carbonyl (C=O) groups is 2. The van der Waals surface area contributed by atoms with E-state index in [0.29, 0.717) is 17.3 Å². The molecule has 1 aliphatic heterocycles. The summed E-state index contributed by atoms with van der Waals surface area (Å²) in [5, 5.41) is 1.93. The second kappa shape index (κ2) is 9.87. The number of hydrogen-bond donors (Lipinski definition) is 0. The summed E-state index contributed by atoms with van der Waals surface area (Å²) in [6.07, 6.45) is 1.73. The quantitative estimate of drug-likeness (QED) is 0.244. The Morgan fingerprint density at radius 1 is 0.824 bits per heavy atom. The number of benzene rings is 4. The van der Waals surface area contributed by atoms with Gasteiger partial charge >= 0.3 is 0 Å². The minimum atomic E-state index is -0.294. The van der Waals surface area contributed by atoms with Gasteiger partial charge in [0, 0.05) is 10.0 Å². The van der Waals surface area contributed by atoms with Crippen LogP contribution in [0.3, 0.4) is 0 Å². The van der Waals surface area contributed by atoms with E-state index < -0.39 is 0 Å². The Balaban J connectivity index is 1.37. The van der Waals surface area contributed by atoms with E-state index in [1.165, 1.54) is 4.90 Å². The van der Waals surface area contributed by atoms with Crippen LogP contribution in [0.2, 0.25) is 0 Å². The average Bonchev–Trinajstić information content (AvgIpc) is 3.11. The minimum absolute atomic E-state index is 0.239. The summed E-state index contributed by atoms with van der Waals surface area (Å²) in [5.41, 5.74) is 2.70. The molecule has 0 atom stereocenters. The van der Waals surface area contributed by atoms with E-state index in [4.69, 9.17) is 4.74 Å². The first kappa shape index (κ1) is 22.4. The van der Waals surface area contributed by atoms with Gasteiger partial charge in [-0.15, -0.1) is 0 Å². The second-order valence-electron chi connectivity index (χ2n) is 7.91. The van der Waals surface area contributed by atoms with Gasteiger partial charge in [0.1, 0.15) is 12.4 Å². The molecule has 5 rings (SSSR count). The van der Waals surface area contributed by atoms with Crippen molar-refractivity contribution in [1.29, 1.82) is 0 Å². The number of nitrogens with zero attached hydrogens (tertiary/aromatic N) is 1. The molecule has 1 fully saturated rings. The first-order valence-electron chi connectivity index (χ1n) is 10.8. The minimum Gasteiger partial charge on any atom is -0.488 e. The highest BCUT2D eigenvalue weighted by Crippen LogP contribution is 2.36. The van der Waals surface area contributed by atoms with Crippen molar-refractivity contribution in [2.75, 3.05) is 0 Å². The van der Waals surface area contributed by atoms with E-state index in [9.17, 15) is 9.59 Å². The van der Waals surface area contributed by atoms with Crippen LogP contribution >= 0.6 is 27.7 Å². The van der Waals surface area contributed by atoms with Crippen molar-refractivity contribution >= 4 is 55.7 Å². The fraction of sp³-hybridized carbons (Fsp3) is 0.0714. The highest BCUT2D eigenvalue weighted by atomic mass is 79.9. The van der Waals surface area contributed by atoms with Gasteiger partial charge in [-0.2, -0.15) is 0 Å². The Kier molecular flexibility index (Phi) is 6.52. The van der Waals surface area contributed by atoms with Crippen molar-refractivity contribution in [3.63, 3.8) is 0 Å². The summed E-state index contributed by atoms with van der Waals surface area (Å²) in [5.74, 6) is 0.352. The number of rotatable bonds is 6. The van der Waals surface area contributed by atoms with Gasteiger partial charge in [0.15, 0.2) is 0 Å². The SMILES string of the molecule is O=C1S/C(=C\c2cc(Br)ccc2OCc2ccccc2)C(=O)N1Cc1ccc2ccccc2c1. The van der Waals surface area contributed by atoms with Gasteiger partial charge < -0.3 is 4.74 Å². The lowest BCUT2D eigenvalue weighted by atomic mass is 10.1. The van der Waals surface area contributed by atoms with E-state index in [0.717, 1.165) is 43.7 Å². The number of imide groups is 1. The molecule has 4 aromatic carbocycles. The van der Waals surface area contributed by atoms with E-state index in [1.807, 2.05) is 91.0 Å². The molecule has 34 heavy (non-hydrogen) atoms. The molecule has 1 heterocycles. The molecule has 0 aliphatic carbocycles. The van der Waals surface area contributed by atoms with Gasteiger partial charge in [-0.05, 0) is 64.0 Å². The van der Waals surface area contributed by atoms with Crippen LogP contribution in [0.25, 0.3) is 16.8 Å². The number of fused-ring (bicyclic) bond motifs is 1. The number of thioether (sulfide) groups is 1. The van der Waals surface area contributed by atoms with Crippen molar-refractivity contribution < 1.29 is 14.3 Å². The third-order valence-electron chi connectivity index (χ3n) is 5.52. The van der Waals surface area contributed by atoms with E-state index in [1.54, 1.807) is 6.08 Å². The number of halogens is 1. The molecule has 0 radical (unpaired) electrons. The van der Waals surface area contributed by atoms with Crippen LogP contribution in [0.1, 0.15) is 16.7 Å². The normalized spacial score (nSPS) is 14.9. The molecular weight excluding hydrogens is 510 g/mol. The maximum Gasteiger partial charge on any atom is 0.293 e. The Morgan fingerprint density at radius 3 is 2.41 bits per heavy atom. The Hall–Kier alpha value is -3.35. The second-order valence-corrected chi connectivity index (χ2v) is 9.81. The predicted molar refractivity (Wildman–Crippen MR) is 140 cm³/mol. The highest BCUT2D eigenvalue weighted by Gasteiger charge is 2.35. The fourth-order valence-electron chi connectivity index (χ4n) is 3.80. The molecule has 0 saturated carbocycles. The van der Waals surface area contributed by atoms with Crippen LogP contribution in [0, 0.1) is 0 Å².